The highest BCUT2D eigenvalue weighted by atomic mass is 79.9. The lowest BCUT2D eigenvalue weighted by Crippen LogP contribution is -2.12. The van der Waals surface area contributed by atoms with Crippen LogP contribution in [0.3, 0.4) is 0 Å². The van der Waals surface area contributed by atoms with Gasteiger partial charge in [-0.3, -0.25) is 0 Å². The minimum Gasteiger partial charge on any atom is -0.494 e. The van der Waals surface area contributed by atoms with Crippen LogP contribution < -0.4 is 4.74 Å². The summed E-state index contributed by atoms with van der Waals surface area (Å²) in [6.45, 7) is 5.00. The number of benzene rings is 1. The summed E-state index contributed by atoms with van der Waals surface area (Å²) in [5.41, 5.74) is 1.13. The number of hydrogen-bond donors (Lipinski definition) is 0. The molecule has 0 spiro atoms. The molecule has 1 aromatic carbocycles. The molecule has 0 radical (unpaired) electrons. The zero-order valence-corrected chi connectivity index (χ0v) is 13.3. The Bertz CT molecular complexity index is 407. The molecule has 0 saturated heterocycles. The molecular weight excluding hydrogens is 312 g/mol. The topological polar surface area (TPSA) is 9.23 Å². The fourth-order valence-electron chi connectivity index (χ4n) is 2.86. The Labute approximate surface area is 123 Å². The van der Waals surface area contributed by atoms with E-state index in [-0.39, 0.29) is 5.38 Å². The first kappa shape index (κ1) is 14.2. The van der Waals surface area contributed by atoms with Crippen LogP contribution in [-0.4, -0.2) is 6.61 Å². The van der Waals surface area contributed by atoms with Gasteiger partial charge in [-0.05, 0) is 43.4 Å². The molecule has 1 aliphatic carbocycles. The molecule has 100 valence electrons. The first-order valence-electron chi connectivity index (χ1n) is 6.69. The van der Waals surface area contributed by atoms with Crippen molar-refractivity contribution in [3.63, 3.8) is 0 Å². The molecule has 3 atom stereocenters. The summed E-state index contributed by atoms with van der Waals surface area (Å²) in [5.74, 6) is 2.21. The normalized spacial score (nSPS) is 25.1. The molecule has 0 bridgehead atoms. The van der Waals surface area contributed by atoms with Crippen molar-refractivity contribution in [3.8, 4) is 5.75 Å². The van der Waals surface area contributed by atoms with Gasteiger partial charge >= 0.3 is 0 Å². The van der Waals surface area contributed by atoms with Crippen LogP contribution >= 0.6 is 27.5 Å². The minimum atomic E-state index is 0.0570. The standard InChI is InChI=1S/C15H20BrClO/c1-3-18-14-8-7-11(16)9-13(14)15(17)12-6-4-5-10(12)2/h7-10,12,15H,3-6H2,1-2H3. The number of rotatable bonds is 4. The first-order chi connectivity index (χ1) is 8.63. The van der Waals surface area contributed by atoms with E-state index in [2.05, 4.69) is 28.9 Å². The van der Waals surface area contributed by atoms with Crippen molar-refractivity contribution in [2.24, 2.45) is 11.8 Å². The number of alkyl halides is 1. The van der Waals surface area contributed by atoms with Crippen molar-refractivity contribution in [3.05, 3.63) is 28.2 Å². The second-order valence-corrected chi connectivity index (χ2v) is 6.47. The predicted molar refractivity (Wildman–Crippen MR) is 80.4 cm³/mol. The molecule has 0 N–H and O–H groups in total. The van der Waals surface area contributed by atoms with Gasteiger partial charge in [-0.1, -0.05) is 35.7 Å². The summed E-state index contributed by atoms with van der Waals surface area (Å²) in [7, 11) is 0. The Balaban J connectivity index is 2.27. The molecule has 0 heterocycles. The third-order valence-electron chi connectivity index (χ3n) is 3.87. The first-order valence-corrected chi connectivity index (χ1v) is 7.92. The van der Waals surface area contributed by atoms with E-state index in [0.717, 1.165) is 15.8 Å². The zero-order valence-electron chi connectivity index (χ0n) is 11.0. The maximum absolute atomic E-state index is 6.72. The van der Waals surface area contributed by atoms with Gasteiger partial charge in [0, 0.05) is 10.0 Å². The van der Waals surface area contributed by atoms with Crippen molar-refractivity contribution in [1.29, 1.82) is 0 Å². The molecule has 3 heteroatoms. The summed E-state index contributed by atoms with van der Waals surface area (Å²) in [6.07, 6.45) is 3.83. The van der Waals surface area contributed by atoms with Gasteiger partial charge in [0.05, 0.1) is 12.0 Å². The summed E-state index contributed by atoms with van der Waals surface area (Å²) in [4.78, 5) is 0. The maximum Gasteiger partial charge on any atom is 0.124 e. The smallest absolute Gasteiger partial charge is 0.124 e. The van der Waals surface area contributed by atoms with E-state index in [1.54, 1.807) is 0 Å². The van der Waals surface area contributed by atoms with Crippen LogP contribution in [-0.2, 0) is 0 Å². The Hall–Kier alpha value is -0.210. The average molecular weight is 332 g/mol. The summed E-state index contributed by atoms with van der Waals surface area (Å²) in [6, 6.07) is 6.13. The lowest BCUT2D eigenvalue weighted by Gasteiger charge is -2.24. The summed E-state index contributed by atoms with van der Waals surface area (Å²) in [5, 5.41) is 0.0570. The molecule has 1 aliphatic rings. The molecule has 2 rings (SSSR count). The van der Waals surface area contributed by atoms with Gasteiger partial charge in [0.2, 0.25) is 0 Å². The fourth-order valence-corrected chi connectivity index (χ4v) is 3.78. The molecule has 1 aromatic rings. The van der Waals surface area contributed by atoms with E-state index in [1.807, 2.05) is 19.1 Å². The predicted octanol–water partition coefficient (Wildman–Crippen LogP) is 5.56. The van der Waals surface area contributed by atoms with Crippen molar-refractivity contribution in [1.82, 2.24) is 0 Å². The Morgan fingerprint density at radius 1 is 1.44 bits per heavy atom. The largest absolute Gasteiger partial charge is 0.494 e. The molecule has 0 aliphatic heterocycles. The molecule has 1 fully saturated rings. The third-order valence-corrected chi connectivity index (χ3v) is 4.92. The van der Waals surface area contributed by atoms with Gasteiger partial charge in [-0.25, -0.2) is 0 Å². The Morgan fingerprint density at radius 2 is 2.22 bits per heavy atom. The van der Waals surface area contributed by atoms with Crippen LogP contribution in [0, 0.1) is 11.8 Å². The highest BCUT2D eigenvalue weighted by molar-refractivity contribution is 9.10. The molecule has 0 aromatic heterocycles. The van der Waals surface area contributed by atoms with E-state index in [0.29, 0.717) is 18.4 Å². The van der Waals surface area contributed by atoms with E-state index in [4.69, 9.17) is 16.3 Å². The van der Waals surface area contributed by atoms with Gasteiger partial charge in [0.15, 0.2) is 0 Å². The number of ether oxygens (including phenoxy) is 1. The highest BCUT2D eigenvalue weighted by Crippen LogP contribution is 2.46. The van der Waals surface area contributed by atoms with Crippen LogP contribution in [0.5, 0.6) is 5.75 Å². The zero-order chi connectivity index (χ0) is 13.1. The lowest BCUT2D eigenvalue weighted by molar-refractivity contribution is 0.328. The Kier molecular flexibility index (Phi) is 4.97. The third kappa shape index (κ3) is 3.03. The van der Waals surface area contributed by atoms with Gasteiger partial charge < -0.3 is 4.74 Å². The van der Waals surface area contributed by atoms with Crippen LogP contribution in [0.2, 0.25) is 0 Å². The molecule has 3 unspecified atom stereocenters. The van der Waals surface area contributed by atoms with Crippen molar-refractivity contribution < 1.29 is 4.74 Å². The molecular formula is C15H20BrClO. The SMILES string of the molecule is CCOc1ccc(Br)cc1C(Cl)C1CCCC1C. The van der Waals surface area contributed by atoms with Gasteiger partial charge in [0.25, 0.3) is 0 Å². The molecule has 18 heavy (non-hydrogen) atoms. The number of halogens is 2. The quantitative estimate of drug-likeness (QED) is 0.656. The van der Waals surface area contributed by atoms with E-state index >= 15 is 0 Å². The van der Waals surface area contributed by atoms with Gasteiger partial charge in [0.1, 0.15) is 5.75 Å². The van der Waals surface area contributed by atoms with E-state index in [9.17, 15) is 0 Å². The summed E-state index contributed by atoms with van der Waals surface area (Å²) < 4.78 is 6.77. The van der Waals surface area contributed by atoms with Gasteiger partial charge in [-0.15, -0.1) is 11.6 Å². The molecule has 0 amide bonds. The van der Waals surface area contributed by atoms with Crippen LogP contribution in [0.25, 0.3) is 0 Å². The van der Waals surface area contributed by atoms with Gasteiger partial charge in [-0.2, -0.15) is 0 Å². The monoisotopic (exact) mass is 330 g/mol. The summed E-state index contributed by atoms with van der Waals surface area (Å²) >= 11 is 10.2. The Morgan fingerprint density at radius 3 is 2.83 bits per heavy atom. The van der Waals surface area contributed by atoms with Crippen LogP contribution in [0.4, 0.5) is 0 Å². The van der Waals surface area contributed by atoms with Crippen LogP contribution in [0.1, 0.15) is 44.1 Å². The maximum atomic E-state index is 6.72. The average Bonchev–Trinajstić information content (AvgIpc) is 2.77. The highest BCUT2D eigenvalue weighted by Gasteiger charge is 2.32. The molecule has 1 saturated carbocycles. The van der Waals surface area contributed by atoms with Crippen molar-refractivity contribution in [2.45, 2.75) is 38.5 Å². The van der Waals surface area contributed by atoms with Crippen molar-refractivity contribution >= 4 is 27.5 Å². The second-order valence-electron chi connectivity index (χ2n) is 5.09. The second kappa shape index (κ2) is 6.29. The van der Waals surface area contributed by atoms with E-state index < -0.39 is 0 Å². The van der Waals surface area contributed by atoms with Crippen molar-refractivity contribution in [2.75, 3.05) is 6.61 Å². The molecule has 1 nitrogen and oxygen atoms in total. The fraction of sp³-hybridized carbons (Fsp3) is 0.600. The van der Waals surface area contributed by atoms with Crippen LogP contribution in [0.15, 0.2) is 22.7 Å². The minimum absolute atomic E-state index is 0.0570. The lowest BCUT2D eigenvalue weighted by atomic mass is 9.90. The number of hydrogen-bond acceptors (Lipinski definition) is 1. The van der Waals surface area contributed by atoms with E-state index in [1.165, 1.54) is 19.3 Å².